The van der Waals surface area contributed by atoms with Crippen molar-refractivity contribution in [1.29, 1.82) is 0 Å². The molecule has 1 saturated heterocycles. The summed E-state index contributed by atoms with van der Waals surface area (Å²) in [5.74, 6) is -0.440. The first kappa shape index (κ1) is 18.4. The molecule has 136 valence electrons. The van der Waals surface area contributed by atoms with Crippen LogP contribution >= 0.6 is 11.6 Å². The van der Waals surface area contributed by atoms with E-state index in [-0.39, 0.29) is 24.4 Å². The molecule has 0 unspecified atom stereocenters. The number of rotatable bonds is 5. The van der Waals surface area contributed by atoms with E-state index >= 15 is 0 Å². The average molecular weight is 373 g/mol. The molecule has 0 saturated carbocycles. The topological polar surface area (TPSA) is 88.3 Å². The van der Waals surface area contributed by atoms with Gasteiger partial charge in [-0.15, -0.1) is 0 Å². The molecule has 0 aliphatic carbocycles. The summed E-state index contributed by atoms with van der Waals surface area (Å²) in [5.41, 5.74) is 7.26. The Kier molecular flexibility index (Phi) is 5.85. The highest BCUT2D eigenvalue weighted by molar-refractivity contribution is 6.33. The minimum Gasteiger partial charge on any atom is -0.369 e. The molecule has 0 atom stereocenters. The lowest BCUT2D eigenvalue weighted by atomic mass is 10.0. The molecule has 1 aromatic carbocycles. The molecular weight excluding hydrogens is 352 g/mol. The Morgan fingerprint density at radius 3 is 2.69 bits per heavy atom. The molecule has 2 amide bonds. The van der Waals surface area contributed by atoms with Crippen molar-refractivity contribution in [1.82, 2.24) is 15.2 Å². The standard InChI is InChI=1S/C19H21ClN4O2/c20-16-5-2-8-22-18(16)13-3-1-4-14(11-13)19(26)23-15-6-9-24(10-7-15)12-17(21)25/h1-5,8,11,15H,6-7,9-10,12H2,(H2,21,25)(H,23,26). The third-order valence-electron chi connectivity index (χ3n) is 4.46. The summed E-state index contributed by atoms with van der Waals surface area (Å²) in [6, 6.07) is 10.9. The van der Waals surface area contributed by atoms with Crippen LogP contribution in [-0.4, -0.2) is 47.4 Å². The quantitative estimate of drug-likeness (QED) is 0.841. The molecule has 1 aliphatic rings. The van der Waals surface area contributed by atoms with E-state index in [4.69, 9.17) is 17.3 Å². The number of hydrogen-bond acceptors (Lipinski definition) is 4. The predicted octanol–water partition coefficient (Wildman–Crippen LogP) is 2.08. The number of benzene rings is 1. The molecule has 7 heteroatoms. The summed E-state index contributed by atoms with van der Waals surface area (Å²) in [6.45, 7) is 1.77. The highest BCUT2D eigenvalue weighted by Crippen LogP contribution is 2.25. The summed E-state index contributed by atoms with van der Waals surface area (Å²) in [6.07, 6.45) is 3.27. The molecule has 1 aliphatic heterocycles. The first-order valence-electron chi connectivity index (χ1n) is 8.55. The van der Waals surface area contributed by atoms with Crippen molar-refractivity contribution in [2.24, 2.45) is 5.73 Å². The van der Waals surface area contributed by atoms with Gasteiger partial charge in [-0.3, -0.25) is 19.5 Å². The van der Waals surface area contributed by atoms with Crippen LogP contribution in [0.2, 0.25) is 5.02 Å². The summed E-state index contributed by atoms with van der Waals surface area (Å²) in [4.78, 5) is 29.9. The van der Waals surface area contributed by atoms with Gasteiger partial charge in [-0.05, 0) is 37.1 Å². The number of likely N-dealkylation sites (tertiary alicyclic amines) is 1. The van der Waals surface area contributed by atoms with E-state index in [1.54, 1.807) is 30.5 Å². The van der Waals surface area contributed by atoms with Gasteiger partial charge in [0.1, 0.15) is 0 Å². The van der Waals surface area contributed by atoms with Crippen LogP contribution in [0.15, 0.2) is 42.6 Å². The highest BCUT2D eigenvalue weighted by Gasteiger charge is 2.22. The van der Waals surface area contributed by atoms with Gasteiger partial charge in [0.05, 0.1) is 17.3 Å². The molecule has 3 N–H and O–H groups in total. The fourth-order valence-corrected chi connectivity index (χ4v) is 3.36. The van der Waals surface area contributed by atoms with Crippen molar-refractivity contribution in [3.8, 4) is 11.3 Å². The van der Waals surface area contributed by atoms with Gasteiger partial charge in [0, 0.05) is 36.5 Å². The van der Waals surface area contributed by atoms with Gasteiger partial charge < -0.3 is 11.1 Å². The fraction of sp³-hybridized carbons (Fsp3) is 0.316. The molecule has 0 radical (unpaired) electrons. The largest absolute Gasteiger partial charge is 0.369 e. The van der Waals surface area contributed by atoms with Crippen LogP contribution in [0.3, 0.4) is 0 Å². The molecule has 1 fully saturated rings. The number of halogens is 1. The maximum absolute atomic E-state index is 12.6. The van der Waals surface area contributed by atoms with E-state index in [0.717, 1.165) is 31.5 Å². The lowest BCUT2D eigenvalue weighted by molar-refractivity contribution is -0.119. The number of pyridine rings is 1. The Labute approximate surface area is 157 Å². The van der Waals surface area contributed by atoms with E-state index in [0.29, 0.717) is 16.3 Å². The molecular formula is C19H21ClN4O2. The number of amides is 2. The molecule has 2 aromatic rings. The molecule has 0 bridgehead atoms. The number of primary amides is 1. The number of nitrogens with one attached hydrogen (secondary N) is 1. The predicted molar refractivity (Wildman–Crippen MR) is 101 cm³/mol. The zero-order chi connectivity index (χ0) is 18.5. The summed E-state index contributed by atoms with van der Waals surface area (Å²) >= 11 is 6.20. The van der Waals surface area contributed by atoms with Crippen molar-refractivity contribution < 1.29 is 9.59 Å². The molecule has 6 nitrogen and oxygen atoms in total. The van der Waals surface area contributed by atoms with Gasteiger partial charge >= 0.3 is 0 Å². The number of aromatic nitrogens is 1. The summed E-state index contributed by atoms with van der Waals surface area (Å²) in [5, 5.41) is 3.62. The van der Waals surface area contributed by atoms with Gasteiger partial charge in [-0.1, -0.05) is 23.7 Å². The van der Waals surface area contributed by atoms with Crippen LogP contribution in [0.4, 0.5) is 0 Å². The molecule has 2 heterocycles. The normalized spacial score (nSPS) is 15.6. The first-order chi connectivity index (χ1) is 12.5. The second kappa shape index (κ2) is 8.29. The van der Waals surface area contributed by atoms with Crippen LogP contribution in [0.5, 0.6) is 0 Å². The van der Waals surface area contributed by atoms with Crippen molar-refractivity contribution >= 4 is 23.4 Å². The van der Waals surface area contributed by atoms with Crippen molar-refractivity contribution in [2.75, 3.05) is 19.6 Å². The molecule has 3 rings (SSSR count). The SMILES string of the molecule is NC(=O)CN1CCC(NC(=O)c2cccc(-c3ncccc3Cl)c2)CC1. The Bertz CT molecular complexity index is 804. The molecule has 0 spiro atoms. The zero-order valence-corrected chi connectivity index (χ0v) is 15.1. The van der Waals surface area contributed by atoms with Crippen molar-refractivity contribution in [3.05, 3.63) is 53.2 Å². The van der Waals surface area contributed by atoms with Crippen LogP contribution in [0.25, 0.3) is 11.3 Å². The number of nitrogens with two attached hydrogens (primary N) is 1. The minimum atomic E-state index is -0.322. The van der Waals surface area contributed by atoms with Gasteiger partial charge in [0.2, 0.25) is 5.91 Å². The number of hydrogen-bond donors (Lipinski definition) is 2. The smallest absolute Gasteiger partial charge is 0.251 e. The molecule has 1 aromatic heterocycles. The lowest BCUT2D eigenvalue weighted by Crippen LogP contribution is -2.46. The number of piperidine rings is 1. The van der Waals surface area contributed by atoms with Crippen LogP contribution < -0.4 is 11.1 Å². The Balaban J connectivity index is 1.63. The third-order valence-corrected chi connectivity index (χ3v) is 4.76. The Morgan fingerprint density at radius 2 is 2.00 bits per heavy atom. The monoisotopic (exact) mass is 372 g/mol. The highest BCUT2D eigenvalue weighted by atomic mass is 35.5. The van der Waals surface area contributed by atoms with Crippen molar-refractivity contribution in [3.63, 3.8) is 0 Å². The van der Waals surface area contributed by atoms with Crippen LogP contribution in [-0.2, 0) is 4.79 Å². The fourth-order valence-electron chi connectivity index (χ4n) is 3.13. The third kappa shape index (κ3) is 4.59. The maximum Gasteiger partial charge on any atom is 0.251 e. The van der Waals surface area contributed by atoms with Gasteiger partial charge in [0.25, 0.3) is 5.91 Å². The Morgan fingerprint density at radius 1 is 1.23 bits per heavy atom. The number of carbonyl (C=O) groups is 2. The first-order valence-corrected chi connectivity index (χ1v) is 8.93. The zero-order valence-electron chi connectivity index (χ0n) is 14.3. The Hall–Kier alpha value is -2.44. The summed E-state index contributed by atoms with van der Waals surface area (Å²) in [7, 11) is 0. The van der Waals surface area contributed by atoms with Crippen LogP contribution in [0.1, 0.15) is 23.2 Å². The van der Waals surface area contributed by atoms with Gasteiger partial charge in [-0.25, -0.2) is 0 Å². The lowest BCUT2D eigenvalue weighted by Gasteiger charge is -2.31. The summed E-state index contributed by atoms with van der Waals surface area (Å²) < 4.78 is 0. The second-order valence-corrected chi connectivity index (χ2v) is 6.81. The van der Waals surface area contributed by atoms with Gasteiger partial charge in [0.15, 0.2) is 0 Å². The minimum absolute atomic E-state index is 0.0914. The van der Waals surface area contributed by atoms with E-state index in [2.05, 4.69) is 10.3 Å². The average Bonchev–Trinajstić information content (AvgIpc) is 2.63. The second-order valence-electron chi connectivity index (χ2n) is 6.40. The molecule has 26 heavy (non-hydrogen) atoms. The number of nitrogens with zero attached hydrogens (tertiary/aromatic N) is 2. The van der Waals surface area contributed by atoms with Crippen LogP contribution in [0, 0.1) is 0 Å². The van der Waals surface area contributed by atoms with E-state index in [1.807, 2.05) is 17.0 Å². The number of carbonyl (C=O) groups excluding carboxylic acids is 2. The van der Waals surface area contributed by atoms with E-state index in [1.165, 1.54) is 0 Å². The van der Waals surface area contributed by atoms with Crippen molar-refractivity contribution in [2.45, 2.75) is 18.9 Å². The maximum atomic E-state index is 12.6. The van der Waals surface area contributed by atoms with E-state index < -0.39 is 0 Å². The van der Waals surface area contributed by atoms with Gasteiger partial charge in [-0.2, -0.15) is 0 Å². The van der Waals surface area contributed by atoms with E-state index in [9.17, 15) is 9.59 Å².